The first kappa shape index (κ1) is 30.3. The summed E-state index contributed by atoms with van der Waals surface area (Å²) in [6, 6.07) is 16.5. The number of carbonyl (C=O) groups is 2. The van der Waals surface area contributed by atoms with E-state index in [0.29, 0.717) is 18.4 Å². The van der Waals surface area contributed by atoms with Gasteiger partial charge in [-0.25, -0.2) is 0 Å². The summed E-state index contributed by atoms with van der Waals surface area (Å²) < 4.78 is 5.16. The molecule has 0 aromatic heterocycles. The summed E-state index contributed by atoms with van der Waals surface area (Å²) >= 11 is 0. The fraction of sp³-hybridized carbons (Fsp3) is 0.600. The third-order valence-corrected chi connectivity index (χ3v) is 8.82. The van der Waals surface area contributed by atoms with Crippen molar-refractivity contribution in [3.05, 3.63) is 65.2 Å². The van der Waals surface area contributed by atoms with E-state index in [9.17, 15) is 9.59 Å². The molecule has 0 bridgehead atoms. The molecule has 0 unspecified atom stereocenters. The van der Waals surface area contributed by atoms with Crippen molar-refractivity contribution < 1.29 is 14.3 Å². The maximum atomic E-state index is 12.9. The molecule has 2 aromatic rings. The molecule has 1 amide bonds. The van der Waals surface area contributed by atoms with Gasteiger partial charge in [0.05, 0.1) is 7.11 Å². The van der Waals surface area contributed by atoms with E-state index in [4.69, 9.17) is 4.74 Å². The summed E-state index contributed by atoms with van der Waals surface area (Å²) in [5.41, 5.74) is 3.43. The van der Waals surface area contributed by atoms with Gasteiger partial charge in [0.15, 0.2) is 5.78 Å². The highest BCUT2D eigenvalue weighted by molar-refractivity contribution is 5.96. The summed E-state index contributed by atoms with van der Waals surface area (Å²) in [5, 5.41) is 3.33. The number of methoxy groups -OCH3 is 1. The van der Waals surface area contributed by atoms with Crippen LogP contribution in [0.2, 0.25) is 0 Å². The van der Waals surface area contributed by atoms with Crippen LogP contribution in [0.15, 0.2) is 48.5 Å². The first-order valence-corrected chi connectivity index (χ1v) is 15.9. The van der Waals surface area contributed by atoms with Crippen LogP contribution in [-0.2, 0) is 17.6 Å². The molecular formula is C35H50N2O3. The Hall–Kier alpha value is -2.66. The van der Waals surface area contributed by atoms with Gasteiger partial charge in [-0.15, -0.1) is 0 Å². The molecule has 1 heterocycles. The van der Waals surface area contributed by atoms with E-state index < -0.39 is 0 Å². The number of Topliss-reactive ketones (excluding diaryl/α,β-unsaturated/α-hetero) is 1. The molecule has 5 nitrogen and oxygen atoms in total. The Balaban J connectivity index is 1.20. The van der Waals surface area contributed by atoms with Crippen LogP contribution >= 0.6 is 0 Å². The number of ketones is 1. The van der Waals surface area contributed by atoms with Crippen LogP contribution < -0.4 is 10.1 Å². The number of unbranched alkanes of at least 4 members (excludes halogenated alkanes) is 1. The molecule has 2 fully saturated rings. The number of nitrogens with one attached hydrogen (secondary N) is 1. The summed E-state index contributed by atoms with van der Waals surface area (Å²) in [6.07, 6.45) is 16.7. The first-order valence-electron chi connectivity index (χ1n) is 15.9. The van der Waals surface area contributed by atoms with Crippen molar-refractivity contribution >= 4 is 11.7 Å². The number of likely N-dealkylation sites (tertiary alicyclic amines) is 1. The van der Waals surface area contributed by atoms with Crippen molar-refractivity contribution in [2.24, 2.45) is 5.92 Å². The van der Waals surface area contributed by atoms with E-state index in [1.54, 1.807) is 19.2 Å². The van der Waals surface area contributed by atoms with E-state index in [2.05, 4.69) is 34.5 Å². The van der Waals surface area contributed by atoms with Crippen LogP contribution in [0.1, 0.15) is 105 Å². The van der Waals surface area contributed by atoms with Crippen molar-refractivity contribution in [2.75, 3.05) is 26.7 Å². The molecule has 1 saturated heterocycles. The highest BCUT2D eigenvalue weighted by atomic mass is 16.5. The fourth-order valence-electron chi connectivity index (χ4n) is 6.43. The maximum absolute atomic E-state index is 12.9. The topological polar surface area (TPSA) is 58.6 Å². The molecule has 2 aromatic carbocycles. The lowest BCUT2D eigenvalue weighted by Gasteiger charge is -2.25. The summed E-state index contributed by atoms with van der Waals surface area (Å²) in [6.45, 7) is 3.16. The van der Waals surface area contributed by atoms with Crippen LogP contribution in [0.25, 0.3) is 0 Å². The number of rotatable bonds is 16. The van der Waals surface area contributed by atoms with Gasteiger partial charge in [-0.05, 0) is 99.3 Å². The third-order valence-electron chi connectivity index (χ3n) is 8.82. The largest absolute Gasteiger partial charge is 0.497 e. The van der Waals surface area contributed by atoms with Gasteiger partial charge in [0.1, 0.15) is 5.75 Å². The number of aryl methyl sites for hydroxylation is 1. The van der Waals surface area contributed by atoms with Gasteiger partial charge >= 0.3 is 0 Å². The number of hydrogen-bond acceptors (Lipinski definition) is 4. The first-order chi connectivity index (χ1) is 19.6. The predicted molar refractivity (Wildman–Crippen MR) is 163 cm³/mol. The number of hydrogen-bond donors (Lipinski definition) is 1. The van der Waals surface area contributed by atoms with Crippen molar-refractivity contribution in [1.82, 2.24) is 10.2 Å². The monoisotopic (exact) mass is 546 g/mol. The zero-order valence-electron chi connectivity index (χ0n) is 24.7. The number of ether oxygens (including phenoxy) is 1. The Labute approximate surface area is 242 Å². The second-order valence-corrected chi connectivity index (χ2v) is 12.0. The quantitative estimate of drug-likeness (QED) is 0.179. The standard InChI is InChI=1S/C35H50N2O3/c1-40-33-22-20-31(21-23-33)34(38)14-5-6-15-35(39)36-32(27-37-24-7-8-25-37)26-30-18-16-29(17-19-30)13-9-12-28-10-3-2-4-11-28/h16-23,28,32H,2-15,24-27H2,1H3,(H,36,39)/t32-/m0/s1. The lowest BCUT2D eigenvalue weighted by atomic mass is 9.85. The summed E-state index contributed by atoms with van der Waals surface area (Å²) in [4.78, 5) is 27.8. The second-order valence-electron chi connectivity index (χ2n) is 12.0. The minimum Gasteiger partial charge on any atom is -0.497 e. The number of amides is 1. The normalized spacial score (nSPS) is 17.0. The molecule has 1 saturated carbocycles. The minimum absolute atomic E-state index is 0.0976. The number of benzene rings is 2. The second kappa shape index (κ2) is 16.6. The van der Waals surface area contributed by atoms with Crippen LogP contribution in [0.3, 0.4) is 0 Å². The van der Waals surface area contributed by atoms with Gasteiger partial charge in [0.25, 0.3) is 0 Å². The Morgan fingerprint density at radius 3 is 2.23 bits per heavy atom. The fourth-order valence-corrected chi connectivity index (χ4v) is 6.43. The highest BCUT2D eigenvalue weighted by Gasteiger charge is 2.20. The third kappa shape index (κ3) is 10.4. The van der Waals surface area contributed by atoms with Crippen LogP contribution in [0, 0.1) is 5.92 Å². The molecule has 0 spiro atoms. The molecule has 1 atom stereocenters. The molecule has 218 valence electrons. The molecule has 40 heavy (non-hydrogen) atoms. The zero-order chi connectivity index (χ0) is 28.0. The van der Waals surface area contributed by atoms with E-state index in [1.165, 1.54) is 75.3 Å². The minimum atomic E-state index is 0.0976. The van der Waals surface area contributed by atoms with Crippen molar-refractivity contribution in [3.8, 4) is 5.75 Å². The molecular weight excluding hydrogens is 496 g/mol. The summed E-state index contributed by atoms with van der Waals surface area (Å²) in [5.74, 6) is 1.92. The molecule has 2 aliphatic rings. The number of nitrogens with zero attached hydrogens (tertiary/aromatic N) is 1. The van der Waals surface area contributed by atoms with Gasteiger partial charge < -0.3 is 15.0 Å². The van der Waals surface area contributed by atoms with Crippen LogP contribution in [-0.4, -0.2) is 49.4 Å². The van der Waals surface area contributed by atoms with E-state index in [0.717, 1.165) is 50.6 Å². The van der Waals surface area contributed by atoms with E-state index in [1.807, 2.05) is 12.1 Å². The van der Waals surface area contributed by atoms with E-state index >= 15 is 0 Å². The predicted octanol–water partition coefficient (Wildman–Crippen LogP) is 7.16. The van der Waals surface area contributed by atoms with E-state index in [-0.39, 0.29) is 17.7 Å². The van der Waals surface area contributed by atoms with Crippen molar-refractivity contribution in [1.29, 1.82) is 0 Å². The van der Waals surface area contributed by atoms with Crippen molar-refractivity contribution in [3.63, 3.8) is 0 Å². The molecule has 0 radical (unpaired) electrons. The zero-order valence-corrected chi connectivity index (χ0v) is 24.7. The van der Waals surface area contributed by atoms with Gasteiger partial charge in [-0.2, -0.15) is 0 Å². The highest BCUT2D eigenvalue weighted by Crippen LogP contribution is 2.28. The Morgan fingerprint density at radius 1 is 0.850 bits per heavy atom. The van der Waals surface area contributed by atoms with Gasteiger partial charge in [0.2, 0.25) is 5.91 Å². The van der Waals surface area contributed by atoms with Crippen molar-refractivity contribution in [2.45, 2.75) is 102 Å². The molecule has 5 heteroatoms. The number of carbonyl (C=O) groups excluding carboxylic acids is 2. The molecule has 1 N–H and O–H groups in total. The van der Waals surface area contributed by atoms with Crippen LogP contribution in [0.5, 0.6) is 5.75 Å². The van der Waals surface area contributed by atoms with Gasteiger partial charge in [0, 0.05) is 31.0 Å². The Morgan fingerprint density at radius 2 is 1.52 bits per heavy atom. The maximum Gasteiger partial charge on any atom is 0.220 e. The summed E-state index contributed by atoms with van der Waals surface area (Å²) in [7, 11) is 1.62. The lowest BCUT2D eigenvalue weighted by molar-refractivity contribution is -0.122. The SMILES string of the molecule is COc1ccc(C(=O)CCCCC(=O)N[C@@H](Cc2ccc(CCCC3CCCCC3)cc2)CN2CCCC2)cc1. The molecule has 1 aliphatic carbocycles. The Kier molecular flexibility index (Phi) is 12.6. The van der Waals surface area contributed by atoms with Gasteiger partial charge in [-0.1, -0.05) is 62.8 Å². The molecule has 4 rings (SSSR count). The average molecular weight is 547 g/mol. The average Bonchev–Trinajstić information content (AvgIpc) is 3.50. The molecule has 1 aliphatic heterocycles. The van der Waals surface area contributed by atoms with Crippen LogP contribution in [0.4, 0.5) is 0 Å². The van der Waals surface area contributed by atoms with Gasteiger partial charge in [-0.3, -0.25) is 9.59 Å². The Bertz CT molecular complexity index is 1020. The lowest BCUT2D eigenvalue weighted by Crippen LogP contribution is -2.44. The smallest absolute Gasteiger partial charge is 0.220 e.